The first kappa shape index (κ1) is 19.5. The average molecular weight is 374 g/mol. The van der Waals surface area contributed by atoms with Gasteiger partial charge in [-0.15, -0.1) is 0 Å². The molecule has 0 aliphatic carbocycles. The fraction of sp³-hybridized carbons (Fsp3) is 0.211. The zero-order valence-corrected chi connectivity index (χ0v) is 15.3. The first-order valence-corrected chi connectivity index (χ1v) is 8.44. The van der Waals surface area contributed by atoms with Crippen molar-refractivity contribution in [2.45, 2.75) is 20.3 Å². The van der Waals surface area contributed by atoms with Crippen molar-refractivity contribution >= 4 is 46.4 Å². The molecule has 0 atom stereocenters. The van der Waals surface area contributed by atoms with Crippen LogP contribution in [0.5, 0.6) is 0 Å². The molecule has 2 rings (SSSR count). The van der Waals surface area contributed by atoms with E-state index in [1.54, 1.807) is 48.5 Å². The highest BCUT2D eigenvalue weighted by molar-refractivity contribution is 6.30. The summed E-state index contributed by atoms with van der Waals surface area (Å²) in [6.45, 7) is 3.10. The molecule has 0 aromatic heterocycles. The van der Waals surface area contributed by atoms with E-state index in [0.29, 0.717) is 22.1 Å². The predicted octanol–water partition coefficient (Wildman–Crippen LogP) is 3.68. The highest BCUT2D eigenvalue weighted by Crippen LogP contribution is 2.19. The largest absolute Gasteiger partial charge is 0.326 e. The SMILES string of the molecule is CC(=O)Nc1ccc(N(CCC(=O)Nc2cccc(Cl)c2)C(C)=O)cc1. The van der Waals surface area contributed by atoms with Crippen LogP contribution in [0, 0.1) is 0 Å². The third-order valence-electron chi connectivity index (χ3n) is 3.55. The quantitative estimate of drug-likeness (QED) is 0.810. The molecule has 2 aromatic carbocycles. The number of anilines is 3. The maximum atomic E-state index is 12.1. The van der Waals surface area contributed by atoms with Gasteiger partial charge in [0.1, 0.15) is 0 Å². The van der Waals surface area contributed by atoms with Crippen molar-refractivity contribution in [2.75, 3.05) is 22.1 Å². The molecule has 3 amide bonds. The number of halogens is 1. The van der Waals surface area contributed by atoms with E-state index < -0.39 is 0 Å². The molecule has 7 heteroatoms. The van der Waals surface area contributed by atoms with Crippen LogP contribution in [-0.2, 0) is 14.4 Å². The molecule has 0 saturated carbocycles. The number of hydrogen-bond acceptors (Lipinski definition) is 3. The normalized spacial score (nSPS) is 10.1. The van der Waals surface area contributed by atoms with Crippen LogP contribution in [0.4, 0.5) is 17.1 Å². The van der Waals surface area contributed by atoms with E-state index in [1.165, 1.54) is 18.7 Å². The van der Waals surface area contributed by atoms with Crippen molar-refractivity contribution in [3.8, 4) is 0 Å². The summed E-state index contributed by atoms with van der Waals surface area (Å²) in [5, 5.41) is 5.95. The zero-order valence-electron chi connectivity index (χ0n) is 14.6. The van der Waals surface area contributed by atoms with Crippen LogP contribution < -0.4 is 15.5 Å². The van der Waals surface area contributed by atoms with Gasteiger partial charge < -0.3 is 15.5 Å². The maximum absolute atomic E-state index is 12.1. The van der Waals surface area contributed by atoms with Gasteiger partial charge in [-0.2, -0.15) is 0 Å². The monoisotopic (exact) mass is 373 g/mol. The van der Waals surface area contributed by atoms with Crippen LogP contribution >= 0.6 is 11.6 Å². The third-order valence-corrected chi connectivity index (χ3v) is 3.79. The van der Waals surface area contributed by atoms with Crippen LogP contribution in [0.15, 0.2) is 48.5 Å². The van der Waals surface area contributed by atoms with E-state index >= 15 is 0 Å². The number of amides is 3. The van der Waals surface area contributed by atoms with E-state index in [2.05, 4.69) is 10.6 Å². The Labute approximate surface area is 157 Å². The molecule has 0 saturated heterocycles. The topological polar surface area (TPSA) is 78.5 Å². The molecule has 0 fully saturated rings. The average Bonchev–Trinajstić information content (AvgIpc) is 2.55. The maximum Gasteiger partial charge on any atom is 0.226 e. The fourth-order valence-electron chi connectivity index (χ4n) is 2.40. The fourth-order valence-corrected chi connectivity index (χ4v) is 2.59. The zero-order chi connectivity index (χ0) is 19.1. The van der Waals surface area contributed by atoms with Crippen molar-refractivity contribution < 1.29 is 14.4 Å². The summed E-state index contributed by atoms with van der Waals surface area (Å²) in [4.78, 5) is 36.6. The van der Waals surface area contributed by atoms with Gasteiger partial charge in [-0.3, -0.25) is 14.4 Å². The number of carbonyl (C=O) groups is 3. The predicted molar refractivity (Wildman–Crippen MR) is 103 cm³/mol. The molecule has 0 radical (unpaired) electrons. The summed E-state index contributed by atoms with van der Waals surface area (Å²) in [6.07, 6.45) is 0.138. The molecular formula is C19H20ClN3O3. The van der Waals surface area contributed by atoms with Crippen LogP contribution in [0.3, 0.4) is 0 Å². The molecular weight excluding hydrogens is 354 g/mol. The second kappa shape index (κ2) is 9.01. The van der Waals surface area contributed by atoms with E-state index in [1.807, 2.05) is 0 Å². The van der Waals surface area contributed by atoms with Gasteiger partial charge in [0.05, 0.1) is 0 Å². The molecule has 0 spiro atoms. The van der Waals surface area contributed by atoms with Crippen molar-refractivity contribution in [3.05, 3.63) is 53.6 Å². The summed E-state index contributed by atoms with van der Waals surface area (Å²) < 4.78 is 0. The van der Waals surface area contributed by atoms with E-state index in [9.17, 15) is 14.4 Å². The Balaban J connectivity index is 1.98. The Morgan fingerprint density at radius 2 is 1.65 bits per heavy atom. The minimum atomic E-state index is -0.214. The summed E-state index contributed by atoms with van der Waals surface area (Å²) in [5.74, 6) is -0.555. The molecule has 2 aromatic rings. The molecule has 26 heavy (non-hydrogen) atoms. The lowest BCUT2D eigenvalue weighted by Crippen LogP contribution is -2.31. The molecule has 0 unspecified atom stereocenters. The molecule has 0 bridgehead atoms. The number of benzene rings is 2. The Morgan fingerprint density at radius 3 is 2.23 bits per heavy atom. The van der Waals surface area contributed by atoms with Gasteiger partial charge in [0.25, 0.3) is 0 Å². The van der Waals surface area contributed by atoms with Gasteiger partial charge in [0, 0.05) is 48.9 Å². The Morgan fingerprint density at radius 1 is 0.962 bits per heavy atom. The van der Waals surface area contributed by atoms with Crippen LogP contribution in [0.1, 0.15) is 20.3 Å². The number of rotatable bonds is 6. The van der Waals surface area contributed by atoms with Gasteiger partial charge in [-0.25, -0.2) is 0 Å². The van der Waals surface area contributed by atoms with E-state index in [-0.39, 0.29) is 30.7 Å². The Kier molecular flexibility index (Phi) is 6.74. The van der Waals surface area contributed by atoms with Crippen LogP contribution in [0.2, 0.25) is 5.02 Å². The van der Waals surface area contributed by atoms with Crippen molar-refractivity contribution in [3.63, 3.8) is 0 Å². The molecule has 0 heterocycles. The van der Waals surface area contributed by atoms with E-state index in [0.717, 1.165) is 0 Å². The summed E-state index contributed by atoms with van der Waals surface area (Å²) in [5.41, 5.74) is 1.90. The van der Waals surface area contributed by atoms with E-state index in [4.69, 9.17) is 11.6 Å². The summed E-state index contributed by atoms with van der Waals surface area (Å²) >= 11 is 5.89. The lowest BCUT2D eigenvalue weighted by molar-refractivity contribution is -0.117. The van der Waals surface area contributed by atoms with Gasteiger partial charge in [0.15, 0.2) is 0 Å². The second-order valence-electron chi connectivity index (χ2n) is 5.71. The first-order chi connectivity index (χ1) is 12.3. The molecule has 0 aliphatic heterocycles. The third kappa shape index (κ3) is 5.89. The van der Waals surface area contributed by atoms with Crippen LogP contribution in [-0.4, -0.2) is 24.3 Å². The molecule has 136 valence electrons. The first-order valence-electron chi connectivity index (χ1n) is 8.06. The highest BCUT2D eigenvalue weighted by Gasteiger charge is 2.14. The van der Waals surface area contributed by atoms with Gasteiger partial charge in [0.2, 0.25) is 17.7 Å². The highest BCUT2D eigenvalue weighted by atomic mass is 35.5. The number of carbonyl (C=O) groups excluding carboxylic acids is 3. The minimum Gasteiger partial charge on any atom is -0.326 e. The van der Waals surface area contributed by atoms with Gasteiger partial charge in [-0.05, 0) is 42.5 Å². The molecule has 6 nitrogen and oxygen atoms in total. The standard InChI is InChI=1S/C19H20ClN3O3/c1-13(24)21-16-6-8-18(9-7-16)23(14(2)25)11-10-19(26)22-17-5-3-4-15(20)12-17/h3-9,12H,10-11H2,1-2H3,(H,21,24)(H,22,26). The Bertz CT molecular complexity index is 806. The lowest BCUT2D eigenvalue weighted by Gasteiger charge is -2.21. The van der Waals surface area contributed by atoms with Gasteiger partial charge >= 0.3 is 0 Å². The Hall–Kier alpha value is -2.86. The van der Waals surface area contributed by atoms with Crippen LogP contribution in [0.25, 0.3) is 0 Å². The molecule has 2 N–H and O–H groups in total. The van der Waals surface area contributed by atoms with Crippen molar-refractivity contribution in [1.82, 2.24) is 0 Å². The molecule has 0 aliphatic rings. The summed E-state index contributed by atoms with van der Waals surface area (Å²) in [7, 11) is 0. The minimum absolute atomic E-state index is 0.138. The summed E-state index contributed by atoms with van der Waals surface area (Å²) in [6, 6.07) is 13.7. The second-order valence-corrected chi connectivity index (χ2v) is 6.14. The number of nitrogens with one attached hydrogen (secondary N) is 2. The number of hydrogen-bond donors (Lipinski definition) is 2. The number of nitrogens with zero attached hydrogens (tertiary/aromatic N) is 1. The van der Waals surface area contributed by atoms with Crippen molar-refractivity contribution in [2.24, 2.45) is 0 Å². The van der Waals surface area contributed by atoms with Crippen molar-refractivity contribution in [1.29, 1.82) is 0 Å². The lowest BCUT2D eigenvalue weighted by atomic mass is 10.2. The smallest absolute Gasteiger partial charge is 0.226 e. The van der Waals surface area contributed by atoms with Gasteiger partial charge in [-0.1, -0.05) is 17.7 Å².